The van der Waals surface area contributed by atoms with Crippen LogP contribution >= 0.6 is 0 Å². The van der Waals surface area contributed by atoms with Gasteiger partial charge in [0.25, 0.3) is 0 Å². The Morgan fingerprint density at radius 2 is 1.88 bits per heavy atom. The van der Waals surface area contributed by atoms with Gasteiger partial charge in [0.15, 0.2) is 11.5 Å². The second-order valence-electron chi connectivity index (χ2n) is 7.77. The molecule has 1 aromatic carbocycles. The minimum absolute atomic E-state index is 0.0105. The molecule has 2 aromatic rings. The molecule has 3 rings (SSSR count). The minimum Gasteiger partial charge on any atom is -0.461 e. The third kappa shape index (κ3) is 3.57. The molecule has 1 heterocycles. The van der Waals surface area contributed by atoms with Gasteiger partial charge in [0.05, 0.1) is 24.4 Å². The van der Waals surface area contributed by atoms with Crippen molar-refractivity contribution in [1.82, 2.24) is 9.78 Å². The molecule has 26 heavy (non-hydrogen) atoms. The highest BCUT2D eigenvalue weighted by molar-refractivity contribution is 6.06. The van der Waals surface area contributed by atoms with Crippen molar-refractivity contribution < 1.29 is 14.3 Å². The summed E-state index contributed by atoms with van der Waals surface area (Å²) in [6, 6.07) is 8.43. The second kappa shape index (κ2) is 7.06. The normalized spacial score (nSPS) is 14.2. The molecule has 0 unspecified atom stereocenters. The summed E-state index contributed by atoms with van der Waals surface area (Å²) in [6.07, 6.45) is 2.02. The van der Waals surface area contributed by atoms with Crippen LogP contribution in [0.3, 0.4) is 0 Å². The van der Waals surface area contributed by atoms with Crippen LogP contribution in [0, 0.1) is 0 Å². The highest BCUT2D eigenvalue weighted by Gasteiger charge is 2.31. The Morgan fingerprint density at radius 1 is 1.19 bits per heavy atom. The largest absolute Gasteiger partial charge is 0.461 e. The van der Waals surface area contributed by atoms with Crippen LogP contribution in [0.15, 0.2) is 24.3 Å². The molecule has 1 aliphatic rings. The lowest BCUT2D eigenvalue weighted by Gasteiger charge is -2.19. The minimum atomic E-state index is -0.513. The number of benzene rings is 1. The van der Waals surface area contributed by atoms with Crippen molar-refractivity contribution in [3.05, 3.63) is 52.3 Å². The molecular formula is C21H26N2O3. The maximum absolute atomic E-state index is 12.4. The van der Waals surface area contributed by atoms with Crippen molar-refractivity contribution in [3.8, 4) is 0 Å². The molecule has 0 aliphatic heterocycles. The van der Waals surface area contributed by atoms with Gasteiger partial charge in [-0.2, -0.15) is 5.10 Å². The third-order valence-corrected chi connectivity index (χ3v) is 4.78. The fraction of sp³-hybridized carbons (Fsp3) is 0.476. The van der Waals surface area contributed by atoms with Crippen LogP contribution in [0.2, 0.25) is 0 Å². The first kappa shape index (κ1) is 18.4. The average Bonchev–Trinajstić information content (AvgIpc) is 2.95. The highest BCUT2D eigenvalue weighted by Crippen LogP contribution is 2.27. The maximum Gasteiger partial charge on any atom is 0.359 e. The molecule has 0 N–H and O–H groups in total. The number of carbonyl (C=O) groups excluding carboxylic acids is 2. The first-order valence-corrected chi connectivity index (χ1v) is 9.20. The van der Waals surface area contributed by atoms with Crippen LogP contribution in [0.4, 0.5) is 0 Å². The number of ketones is 1. The molecule has 1 aliphatic carbocycles. The van der Waals surface area contributed by atoms with Gasteiger partial charge >= 0.3 is 5.97 Å². The molecular weight excluding hydrogens is 328 g/mol. The van der Waals surface area contributed by atoms with Crippen molar-refractivity contribution in [2.75, 3.05) is 6.61 Å². The van der Waals surface area contributed by atoms with Crippen molar-refractivity contribution in [3.63, 3.8) is 0 Å². The van der Waals surface area contributed by atoms with Crippen molar-refractivity contribution >= 4 is 11.8 Å². The Balaban J connectivity index is 1.94. The van der Waals surface area contributed by atoms with E-state index in [1.165, 1.54) is 5.56 Å². The summed E-state index contributed by atoms with van der Waals surface area (Å²) >= 11 is 0. The van der Waals surface area contributed by atoms with Gasteiger partial charge in [0.1, 0.15) is 0 Å². The van der Waals surface area contributed by atoms with E-state index < -0.39 is 5.97 Å². The number of fused-ring (bicyclic) bond motifs is 1. The lowest BCUT2D eigenvalue weighted by molar-refractivity contribution is 0.0515. The van der Waals surface area contributed by atoms with Crippen LogP contribution in [0.25, 0.3) is 0 Å². The number of hydrogen-bond donors (Lipinski definition) is 0. The van der Waals surface area contributed by atoms with Crippen molar-refractivity contribution in [2.45, 2.75) is 58.9 Å². The SMILES string of the molecule is CCOC(=O)c1nn(Cc2ccc(C(C)(C)C)cc2)c2c1C(=O)CCC2. The Hall–Kier alpha value is -2.43. The van der Waals surface area contributed by atoms with Crippen LogP contribution < -0.4 is 0 Å². The van der Waals surface area contributed by atoms with Crippen LogP contribution in [-0.2, 0) is 23.1 Å². The fourth-order valence-electron chi connectivity index (χ4n) is 3.34. The average molecular weight is 354 g/mol. The van der Waals surface area contributed by atoms with E-state index in [9.17, 15) is 9.59 Å². The highest BCUT2D eigenvalue weighted by atomic mass is 16.5. The van der Waals surface area contributed by atoms with Gasteiger partial charge in [-0.1, -0.05) is 45.0 Å². The van der Waals surface area contributed by atoms with Gasteiger partial charge in [0, 0.05) is 6.42 Å². The van der Waals surface area contributed by atoms with Crippen molar-refractivity contribution in [2.24, 2.45) is 0 Å². The van der Waals surface area contributed by atoms with E-state index in [1.54, 1.807) is 11.6 Å². The molecule has 1 aromatic heterocycles. The van der Waals surface area contributed by atoms with Gasteiger partial charge in [-0.15, -0.1) is 0 Å². The van der Waals surface area contributed by atoms with Gasteiger partial charge in [-0.3, -0.25) is 9.48 Å². The zero-order valence-corrected chi connectivity index (χ0v) is 16.0. The second-order valence-corrected chi connectivity index (χ2v) is 7.77. The fourth-order valence-corrected chi connectivity index (χ4v) is 3.34. The zero-order valence-electron chi connectivity index (χ0n) is 16.0. The molecule has 0 fully saturated rings. The quantitative estimate of drug-likeness (QED) is 0.781. The number of hydrogen-bond acceptors (Lipinski definition) is 4. The number of ether oxygens (including phenoxy) is 1. The van der Waals surface area contributed by atoms with Crippen LogP contribution in [-0.4, -0.2) is 28.1 Å². The molecule has 0 bridgehead atoms. The molecule has 0 saturated carbocycles. The topological polar surface area (TPSA) is 61.2 Å². The summed E-state index contributed by atoms with van der Waals surface area (Å²) < 4.78 is 6.89. The number of Topliss-reactive ketones (excluding diaryl/α,β-unsaturated/α-hetero) is 1. The summed E-state index contributed by atoms with van der Waals surface area (Å²) in [5.74, 6) is -0.524. The van der Waals surface area contributed by atoms with Gasteiger partial charge in [-0.25, -0.2) is 4.79 Å². The third-order valence-electron chi connectivity index (χ3n) is 4.78. The van der Waals surface area contributed by atoms with E-state index in [4.69, 9.17) is 4.74 Å². The zero-order chi connectivity index (χ0) is 18.9. The number of esters is 1. The molecule has 0 spiro atoms. The molecule has 138 valence electrons. The Bertz CT molecular complexity index is 826. The van der Waals surface area contributed by atoms with E-state index in [-0.39, 0.29) is 23.5 Å². The molecule has 5 heteroatoms. The first-order valence-electron chi connectivity index (χ1n) is 9.20. The number of carbonyl (C=O) groups is 2. The smallest absolute Gasteiger partial charge is 0.359 e. The number of rotatable bonds is 4. The Labute approximate surface area is 154 Å². The monoisotopic (exact) mass is 354 g/mol. The first-order chi connectivity index (χ1) is 12.3. The summed E-state index contributed by atoms with van der Waals surface area (Å²) in [7, 11) is 0. The Morgan fingerprint density at radius 3 is 2.50 bits per heavy atom. The maximum atomic E-state index is 12.4. The predicted molar refractivity (Wildman–Crippen MR) is 99.7 cm³/mol. The summed E-state index contributed by atoms with van der Waals surface area (Å²) in [5, 5.41) is 4.45. The number of aromatic nitrogens is 2. The van der Waals surface area contributed by atoms with Crippen molar-refractivity contribution in [1.29, 1.82) is 0 Å². The summed E-state index contributed by atoms with van der Waals surface area (Å²) in [6.45, 7) is 9.11. The molecule has 5 nitrogen and oxygen atoms in total. The van der Waals surface area contributed by atoms with E-state index in [2.05, 4.69) is 50.1 Å². The van der Waals surface area contributed by atoms with E-state index in [0.29, 0.717) is 18.5 Å². The lowest BCUT2D eigenvalue weighted by Crippen LogP contribution is -2.16. The van der Waals surface area contributed by atoms with Gasteiger partial charge in [0.2, 0.25) is 0 Å². The van der Waals surface area contributed by atoms with E-state index in [0.717, 1.165) is 24.1 Å². The van der Waals surface area contributed by atoms with Gasteiger partial charge < -0.3 is 4.74 Å². The number of nitrogens with zero attached hydrogens (tertiary/aromatic N) is 2. The molecule has 0 amide bonds. The summed E-state index contributed by atoms with van der Waals surface area (Å²) in [4.78, 5) is 24.6. The Kier molecular flexibility index (Phi) is 4.99. The molecule has 0 radical (unpaired) electrons. The summed E-state index contributed by atoms with van der Waals surface area (Å²) in [5.41, 5.74) is 3.94. The molecule has 0 saturated heterocycles. The van der Waals surface area contributed by atoms with E-state index in [1.807, 2.05) is 0 Å². The van der Waals surface area contributed by atoms with Gasteiger partial charge in [-0.05, 0) is 36.3 Å². The van der Waals surface area contributed by atoms with Crippen LogP contribution in [0.5, 0.6) is 0 Å². The standard InChI is InChI=1S/C21H26N2O3/c1-5-26-20(25)19-18-16(7-6-8-17(18)24)23(22-19)13-14-9-11-15(12-10-14)21(2,3)4/h9-12H,5-8,13H2,1-4H3. The molecule has 0 atom stereocenters. The lowest BCUT2D eigenvalue weighted by atomic mass is 9.87. The predicted octanol–water partition coefficient (Wildman–Crippen LogP) is 3.92. The van der Waals surface area contributed by atoms with Crippen LogP contribution in [0.1, 0.15) is 78.2 Å². The van der Waals surface area contributed by atoms with E-state index >= 15 is 0 Å².